The van der Waals surface area contributed by atoms with E-state index in [9.17, 15) is 9.59 Å². The van der Waals surface area contributed by atoms with E-state index in [1.165, 1.54) is 6.92 Å². The molecule has 0 aliphatic carbocycles. The molecular weight excluding hydrogens is 124 g/mol. The van der Waals surface area contributed by atoms with Gasteiger partial charge in [-0.1, -0.05) is 0 Å². The summed E-state index contributed by atoms with van der Waals surface area (Å²) in [6.45, 7) is 1.21. The summed E-state index contributed by atoms with van der Waals surface area (Å²) in [6.07, 6.45) is -1.27. The van der Waals surface area contributed by atoms with Crippen LogP contribution in [0.4, 0.5) is 0 Å². The molecule has 52 valence electrons. The molecule has 0 radical (unpaired) electrons. The SMILES string of the molecule is COC(=O)C(=O)C(C)O. The molecule has 0 aromatic heterocycles. The first-order valence-electron chi connectivity index (χ1n) is 2.39. The Morgan fingerprint density at radius 3 is 2.11 bits per heavy atom. The Bertz CT molecular complexity index is 127. The average Bonchev–Trinajstić information content (AvgIpc) is 1.84. The van der Waals surface area contributed by atoms with Gasteiger partial charge < -0.3 is 9.84 Å². The van der Waals surface area contributed by atoms with Crippen molar-refractivity contribution in [1.29, 1.82) is 0 Å². The topological polar surface area (TPSA) is 63.6 Å². The minimum Gasteiger partial charge on any atom is -0.463 e. The minimum absolute atomic E-state index is 0.919. The van der Waals surface area contributed by atoms with Crippen LogP contribution in [0.25, 0.3) is 0 Å². The molecule has 0 heterocycles. The number of aliphatic hydroxyl groups excluding tert-OH is 1. The second-order valence-corrected chi connectivity index (χ2v) is 1.53. The number of esters is 1. The van der Waals surface area contributed by atoms with Crippen LogP contribution in [0.2, 0.25) is 0 Å². The lowest BCUT2D eigenvalue weighted by Gasteiger charge is -1.98. The Labute approximate surface area is 52.4 Å². The van der Waals surface area contributed by atoms with Gasteiger partial charge >= 0.3 is 5.97 Å². The van der Waals surface area contributed by atoms with Crippen LogP contribution in [0.5, 0.6) is 0 Å². The fourth-order valence-electron chi connectivity index (χ4n) is 0.271. The van der Waals surface area contributed by atoms with Gasteiger partial charge in [-0.2, -0.15) is 0 Å². The Balaban J connectivity index is 3.89. The van der Waals surface area contributed by atoms with Gasteiger partial charge in [-0.05, 0) is 6.92 Å². The van der Waals surface area contributed by atoms with E-state index >= 15 is 0 Å². The lowest BCUT2D eigenvalue weighted by Crippen LogP contribution is -2.26. The number of carbonyl (C=O) groups is 2. The van der Waals surface area contributed by atoms with Crippen molar-refractivity contribution in [2.45, 2.75) is 13.0 Å². The molecule has 1 unspecified atom stereocenters. The zero-order valence-corrected chi connectivity index (χ0v) is 5.25. The summed E-state index contributed by atoms with van der Waals surface area (Å²) in [7, 11) is 1.09. The Hall–Kier alpha value is -0.900. The summed E-state index contributed by atoms with van der Waals surface area (Å²) in [6, 6.07) is 0. The van der Waals surface area contributed by atoms with Gasteiger partial charge in [0.05, 0.1) is 7.11 Å². The standard InChI is InChI=1S/C5H8O4/c1-3(6)4(7)5(8)9-2/h3,6H,1-2H3. The molecule has 0 aromatic carbocycles. The maximum atomic E-state index is 10.3. The van der Waals surface area contributed by atoms with E-state index in [0.717, 1.165) is 7.11 Å². The summed E-state index contributed by atoms with van der Waals surface area (Å²) in [5, 5.41) is 8.47. The number of hydrogen-bond donors (Lipinski definition) is 1. The quantitative estimate of drug-likeness (QED) is 0.391. The maximum absolute atomic E-state index is 10.3. The van der Waals surface area contributed by atoms with Gasteiger partial charge in [-0.3, -0.25) is 4.79 Å². The highest BCUT2D eigenvalue weighted by molar-refractivity contribution is 6.35. The number of carbonyl (C=O) groups excluding carboxylic acids is 2. The van der Waals surface area contributed by atoms with Crippen molar-refractivity contribution in [3.05, 3.63) is 0 Å². The third-order valence-corrected chi connectivity index (χ3v) is 0.766. The molecule has 0 aromatic rings. The van der Waals surface area contributed by atoms with Crippen LogP contribution in [0.1, 0.15) is 6.92 Å². The van der Waals surface area contributed by atoms with E-state index in [2.05, 4.69) is 4.74 Å². The summed E-state index contributed by atoms with van der Waals surface area (Å²) >= 11 is 0. The zero-order valence-electron chi connectivity index (χ0n) is 5.25. The van der Waals surface area contributed by atoms with Crippen molar-refractivity contribution >= 4 is 11.8 Å². The molecule has 0 rings (SSSR count). The van der Waals surface area contributed by atoms with Crippen molar-refractivity contribution in [3.63, 3.8) is 0 Å². The van der Waals surface area contributed by atoms with Gasteiger partial charge in [-0.15, -0.1) is 0 Å². The first kappa shape index (κ1) is 8.10. The molecule has 0 saturated carbocycles. The molecule has 4 nitrogen and oxygen atoms in total. The Morgan fingerprint density at radius 1 is 1.56 bits per heavy atom. The molecule has 9 heavy (non-hydrogen) atoms. The van der Waals surface area contributed by atoms with E-state index in [-0.39, 0.29) is 0 Å². The molecule has 0 aliphatic heterocycles. The largest absolute Gasteiger partial charge is 0.463 e. The minimum atomic E-state index is -1.27. The van der Waals surface area contributed by atoms with Crippen LogP contribution in [-0.2, 0) is 14.3 Å². The average molecular weight is 132 g/mol. The van der Waals surface area contributed by atoms with Crippen LogP contribution < -0.4 is 0 Å². The molecule has 0 fully saturated rings. The Kier molecular flexibility index (Phi) is 2.87. The van der Waals surface area contributed by atoms with Gasteiger partial charge in [0.15, 0.2) is 0 Å². The van der Waals surface area contributed by atoms with Gasteiger partial charge in [0.25, 0.3) is 5.78 Å². The summed E-state index contributed by atoms with van der Waals surface area (Å²) in [5.41, 5.74) is 0. The molecule has 4 heteroatoms. The number of rotatable bonds is 2. The number of Topliss-reactive ketones (excluding diaryl/α,β-unsaturated/α-hetero) is 1. The third-order valence-electron chi connectivity index (χ3n) is 0.766. The van der Waals surface area contributed by atoms with E-state index < -0.39 is 17.9 Å². The predicted octanol–water partition coefficient (Wildman–Crippen LogP) is -0.891. The second kappa shape index (κ2) is 3.19. The number of methoxy groups -OCH3 is 1. The number of ether oxygens (including phenoxy) is 1. The highest BCUT2D eigenvalue weighted by Gasteiger charge is 2.18. The number of ketones is 1. The normalized spacial score (nSPS) is 12.3. The monoisotopic (exact) mass is 132 g/mol. The van der Waals surface area contributed by atoms with Crippen LogP contribution >= 0.6 is 0 Å². The predicted molar refractivity (Wildman–Crippen MR) is 28.7 cm³/mol. The zero-order chi connectivity index (χ0) is 7.44. The van der Waals surface area contributed by atoms with Crippen molar-refractivity contribution in [2.75, 3.05) is 7.11 Å². The summed E-state index contributed by atoms with van der Waals surface area (Å²) in [5.74, 6) is -1.93. The molecule has 0 bridgehead atoms. The molecule has 1 N–H and O–H groups in total. The Morgan fingerprint density at radius 2 is 2.00 bits per heavy atom. The molecule has 0 aliphatic rings. The van der Waals surface area contributed by atoms with Crippen LogP contribution in [0, 0.1) is 0 Å². The van der Waals surface area contributed by atoms with E-state index in [4.69, 9.17) is 5.11 Å². The first-order chi connectivity index (χ1) is 4.09. The fourth-order valence-corrected chi connectivity index (χ4v) is 0.271. The van der Waals surface area contributed by atoms with Gasteiger partial charge in [0.1, 0.15) is 6.10 Å². The summed E-state index contributed by atoms with van der Waals surface area (Å²) < 4.78 is 4.02. The van der Waals surface area contributed by atoms with E-state index in [0.29, 0.717) is 0 Å². The van der Waals surface area contributed by atoms with Crippen molar-refractivity contribution in [1.82, 2.24) is 0 Å². The van der Waals surface area contributed by atoms with E-state index in [1.807, 2.05) is 0 Å². The lowest BCUT2D eigenvalue weighted by molar-refractivity contribution is -0.155. The smallest absolute Gasteiger partial charge is 0.377 e. The van der Waals surface area contributed by atoms with Crippen LogP contribution in [-0.4, -0.2) is 30.1 Å². The molecule has 1 atom stereocenters. The van der Waals surface area contributed by atoms with Crippen molar-refractivity contribution in [3.8, 4) is 0 Å². The highest BCUT2D eigenvalue weighted by atomic mass is 16.5. The highest BCUT2D eigenvalue weighted by Crippen LogP contribution is 1.85. The van der Waals surface area contributed by atoms with Crippen molar-refractivity contribution in [2.24, 2.45) is 0 Å². The molecule has 0 saturated heterocycles. The fraction of sp³-hybridized carbons (Fsp3) is 0.600. The maximum Gasteiger partial charge on any atom is 0.377 e. The molecular formula is C5H8O4. The number of hydrogen-bond acceptors (Lipinski definition) is 4. The van der Waals surface area contributed by atoms with Gasteiger partial charge in [0.2, 0.25) is 0 Å². The second-order valence-electron chi connectivity index (χ2n) is 1.53. The first-order valence-corrected chi connectivity index (χ1v) is 2.39. The van der Waals surface area contributed by atoms with Crippen molar-refractivity contribution < 1.29 is 19.4 Å². The summed E-state index contributed by atoms with van der Waals surface area (Å²) in [4.78, 5) is 20.6. The third kappa shape index (κ3) is 2.23. The van der Waals surface area contributed by atoms with E-state index in [1.54, 1.807) is 0 Å². The van der Waals surface area contributed by atoms with Gasteiger partial charge in [-0.25, -0.2) is 4.79 Å². The number of aliphatic hydroxyl groups is 1. The van der Waals surface area contributed by atoms with Crippen LogP contribution in [0.3, 0.4) is 0 Å². The lowest BCUT2D eigenvalue weighted by atomic mass is 10.3. The van der Waals surface area contributed by atoms with Gasteiger partial charge in [0, 0.05) is 0 Å². The molecule has 0 amide bonds. The van der Waals surface area contributed by atoms with Crippen LogP contribution in [0.15, 0.2) is 0 Å². The molecule has 0 spiro atoms.